The highest BCUT2D eigenvalue weighted by Crippen LogP contribution is 2.02. The van der Waals surface area contributed by atoms with Crippen LogP contribution in [0.3, 0.4) is 0 Å². The first-order valence-corrected chi connectivity index (χ1v) is 6.64. The normalized spacial score (nSPS) is 12.5. The van der Waals surface area contributed by atoms with E-state index in [1.807, 2.05) is 27.7 Å². The van der Waals surface area contributed by atoms with Crippen molar-refractivity contribution in [1.82, 2.24) is 9.96 Å². The van der Waals surface area contributed by atoms with Gasteiger partial charge < -0.3 is 8.85 Å². The van der Waals surface area contributed by atoms with Gasteiger partial charge in [-0.15, -0.1) is 0 Å². The molecule has 0 heterocycles. The van der Waals surface area contributed by atoms with Crippen LogP contribution in [0.15, 0.2) is 0 Å². The first-order chi connectivity index (χ1) is 6.10. The molecule has 0 radical (unpaired) electrons. The van der Waals surface area contributed by atoms with Crippen molar-refractivity contribution in [2.45, 2.75) is 33.8 Å². The zero-order chi connectivity index (χ0) is 10.3. The summed E-state index contributed by atoms with van der Waals surface area (Å²) in [5.74, 6) is 0. The second kappa shape index (κ2) is 6.50. The smallest absolute Gasteiger partial charge is 0.374 e. The molecule has 0 amide bonds. The van der Waals surface area contributed by atoms with Gasteiger partial charge in [-0.3, -0.25) is 9.96 Å². The first kappa shape index (κ1) is 13.1. The summed E-state index contributed by atoms with van der Waals surface area (Å²) < 4.78 is 11.2. The molecule has 4 nitrogen and oxygen atoms in total. The SMILES string of the molecule is CCN[Si](NCC)(OC)OC(C)C. The molecule has 0 saturated heterocycles. The summed E-state index contributed by atoms with van der Waals surface area (Å²) in [5, 5.41) is 0. The predicted octanol–water partition coefficient (Wildman–Crippen LogP) is 0.712. The molecular weight excluding hydrogens is 184 g/mol. The number of hydrogen-bond donors (Lipinski definition) is 2. The minimum atomic E-state index is -2.33. The Morgan fingerprint density at radius 3 is 1.85 bits per heavy atom. The largest absolute Gasteiger partial charge is 0.516 e. The Bertz CT molecular complexity index is 127. The average molecular weight is 206 g/mol. The molecule has 0 aromatic rings. The van der Waals surface area contributed by atoms with Gasteiger partial charge in [0.15, 0.2) is 0 Å². The van der Waals surface area contributed by atoms with Gasteiger partial charge in [-0.1, -0.05) is 13.8 Å². The van der Waals surface area contributed by atoms with E-state index in [0.717, 1.165) is 13.1 Å². The lowest BCUT2D eigenvalue weighted by Crippen LogP contribution is -2.67. The van der Waals surface area contributed by atoms with Gasteiger partial charge in [0.05, 0.1) is 0 Å². The van der Waals surface area contributed by atoms with Gasteiger partial charge in [-0.2, -0.15) is 0 Å². The molecule has 0 rings (SSSR count). The van der Waals surface area contributed by atoms with Gasteiger partial charge >= 0.3 is 8.88 Å². The lowest BCUT2D eigenvalue weighted by molar-refractivity contribution is 0.134. The molecule has 5 heteroatoms. The summed E-state index contributed by atoms with van der Waals surface area (Å²) in [7, 11) is -0.652. The van der Waals surface area contributed by atoms with Crippen LogP contribution in [0.2, 0.25) is 0 Å². The van der Waals surface area contributed by atoms with Crippen LogP contribution in [0.4, 0.5) is 0 Å². The molecule has 0 atom stereocenters. The van der Waals surface area contributed by atoms with Crippen molar-refractivity contribution in [2.75, 3.05) is 20.2 Å². The third-order valence-electron chi connectivity index (χ3n) is 1.51. The average Bonchev–Trinajstić information content (AvgIpc) is 2.04. The molecule has 0 aliphatic heterocycles. The zero-order valence-electron chi connectivity index (χ0n) is 9.31. The Morgan fingerprint density at radius 1 is 1.15 bits per heavy atom. The third kappa shape index (κ3) is 4.73. The second-order valence-corrected chi connectivity index (χ2v) is 5.63. The maximum Gasteiger partial charge on any atom is 0.516 e. The lowest BCUT2D eigenvalue weighted by atomic mass is 10.5. The minimum absolute atomic E-state index is 0.171. The quantitative estimate of drug-likeness (QED) is 0.602. The highest BCUT2D eigenvalue weighted by molar-refractivity contribution is 6.62. The van der Waals surface area contributed by atoms with Crippen molar-refractivity contribution in [1.29, 1.82) is 0 Å². The fourth-order valence-electron chi connectivity index (χ4n) is 1.14. The second-order valence-electron chi connectivity index (χ2n) is 3.05. The standard InChI is InChI=1S/C8H22N2O2Si/c1-6-9-13(11-5,10-7-2)12-8(3)4/h8-10H,6-7H2,1-5H3. The fraction of sp³-hybridized carbons (Fsp3) is 1.00. The highest BCUT2D eigenvalue weighted by atomic mass is 28.4. The number of hydrogen-bond acceptors (Lipinski definition) is 4. The van der Waals surface area contributed by atoms with Crippen LogP contribution >= 0.6 is 0 Å². The molecule has 0 fully saturated rings. The molecule has 0 aromatic heterocycles. The predicted molar refractivity (Wildman–Crippen MR) is 56.3 cm³/mol. The first-order valence-electron chi connectivity index (χ1n) is 4.83. The van der Waals surface area contributed by atoms with E-state index in [1.54, 1.807) is 7.11 Å². The van der Waals surface area contributed by atoms with Gasteiger partial charge in [-0.05, 0) is 26.9 Å². The van der Waals surface area contributed by atoms with Crippen molar-refractivity contribution in [2.24, 2.45) is 0 Å². The van der Waals surface area contributed by atoms with Crippen LogP contribution in [-0.4, -0.2) is 35.2 Å². The van der Waals surface area contributed by atoms with Crippen molar-refractivity contribution in [3.05, 3.63) is 0 Å². The Balaban J connectivity index is 4.24. The minimum Gasteiger partial charge on any atom is -0.374 e. The van der Waals surface area contributed by atoms with E-state index in [1.165, 1.54) is 0 Å². The van der Waals surface area contributed by atoms with Gasteiger partial charge in [0.2, 0.25) is 0 Å². The van der Waals surface area contributed by atoms with Crippen LogP contribution in [0.5, 0.6) is 0 Å². The van der Waals surface area contributed by atoms with Gasteiger partial charge in [-0.25, -0.2) is 0 Å². The maximum atomic E-state index is 5.76. The molecule has 0 unspecified atom stereocenters. The van der Waals surface area contributed by atoms with Crippen molar-refractivity contribution < 1.29 is 8.85 Å². The van der Waals surface area contributed by atoms with Crippen LogP contribution in [0, 0.1) is 0 Å². The Kier molecular flexibility index (Phi) is 6.53. The molecule has 0 saturated carbocycles. The monoisotopic (exact) mass is 206 g/mol. The number of nitrogens with one attached hydrogen (secondary N) is 2. The summed E-state index contributed by atoms with van der Waals surface area (Å²) in [6.07, 6.45) is 0.171. The fourth-order valence-corrected chi connectivity index (χ4v) is 3.41. The van der Waals surface area contributed by atoms with Crippen molar-refractivity contribution >= 4 is 8.88 Å². The van der Waals surface area contributed by atoms with E-state index in [-0.39, 0.29) is 6.10 Å². The van der Waals surface area contributed by atoms with E-state index < -0.39 is 8.88 Å². The highest BCUT2D eigenvalue weighted by Gasteiger charge is 2.37. The number of rotatable bonds is 7. The van der Waals surface area contributed by atoms with E-state index in [0.29, 0.717) is 0 Å². The van der Waals surface area contributed by atoms with Crippen LogP contribution in [0.1, 0.15) is 27.7 Å². The molecular formula is C8H22N2O2Si. The molecule has 2 N–H and O–H groups in total. The Morgan fingerprint density at radius 2 is 1.62 bits per heavy atom. The summed E-state index contributed by atoms with van der Waals surface area (Å²) in [5.41, 5.74) is 0. The molecule has 0 aliphatic rings. The van der Waals surface area contributed by atoms with Gasteiger partial charge in [0.1, 0.15) is 0 Å². The maximum absolute atomic E-state index is 5.76. The molecule has 0 spiro atoms. The third-order valence-corrected chi connectivity index (χ3v) is 4.52. The molecule has 0 bridgehead atoms. The van der Waals surface area contributed by atoms with Crippen molar-refractivity contribution in [3.8, 4) is 0 Å². The zero-order valence-corrected chi connectivity index (χ0v) is 10.3. The van der Waals surface area contributed by atoms with Crippen LogP contribution in [0.25, 0.3) is 0 Å². The summed E-state index contributed by atoms with van der Waals surface area (Å²) in [4.78, 5) is 6.52. The molecule has 0 aromatic carbocycles. The van der Waals surface area contributed by atoms with Crippen molar-refractivity contribution in [3.63, 3.8) is 0 Å². The Hall–Kier alpha value is 0.0569. The summed E-state index contributed by atoms with van der Waals surface area (Å²) in [6, 6.07) is 0. The van der Waals surface area contributed by atoms with Gasteiger partial charge in [0.25, 0.3) is 0 Å². The van der Waals surface area contributed by atoms with E-state index in [2.05, 4.69) is 9.96 Å². The topological polar surface area (TPSA) is 42.5 Å². The van der Waals surface area contributed by atoms with E-state index >= 15 is 0 Å². The van der Waals surface area contributed by atoms with E-state index in [9.17, 15) is 0 Å². The Labute approximate surface area is 82.4 Å². The summed E-state index contributed by atoms with van der Waals surface area (Å²) >= 11 is 0. The van der Waals surface area contributed by atoms with Gasteiger partial charge in [0, 0.05) is 13.2 Å². The van der Waals surface area contributed by atoms with Crippen LogP contribution in [-0.2, 0) is 8.85 Å². The molecule has 13 heavy (non-hydrogen) atoms. The van der Waals surface area contributed by atoms with Crippen LogP contribution < -0.4 is 9.96 Å². The molecule has 80 valence electrons. The molecule has 0 aliphatic carbocycles. The summed E-state index contributed by atoms with van der Waals surface area (Å²) in [6.45, 7) is 9.80. The lowest BCUT2D eigenvalue weighted by Gasteiger charge is -2.30. The van der Waals surface area contributed by atoms with E-state index in [4.69, 9.17) is 8.85 Å².